The van der Waals surface area contributed by atoms with Gasteiger partial charge < -0.3 is 15.0 Å². The topological polar surface area (TPSA) is 57.7 Å². The molecule has 126 valence electrons. The minimum absolute atomic E-state index is 0.0629. The van der Waals surface area contributed by atoms with Crippen molar-refractivity contribution in [2.45, 2.75) is 6.54 Å². The van der Waals surface area contributed by atoms with Crippen LogP contribution in [0.5, 0.6) is 5.75 Å². The molecule has 0 bridgehead atoms. The Hall–Kier alpha value is -2.60. The van der Waals surface area contributed by atoms with Crippen molar-refractivity contribution >= 4 is 11.7 Å². The molecule has 0 aliphatic carbocycles. The first kappa shape index (κ1) is 16.3. The van der Waals surface area contributed by atoms with E-state index in [1.807, 2.05) is 29.2 Å². The number of benzene rings is 1. The van der Waals surface area contributed by atoms with Crippen LogP contribution in [0.2, 0.25) is 0 Å². The largest absolute Gasteiger partial charge is 0.497 e. The Morgan fingerprint density at radius 1 is 1.17 bits per heavy atom. The summed E-state index contributed by atoms with van der Waals surface area (Å²) >= 11 is 0. The van der Waals surface area contributed by atoms with Gasteiger partial charge in [0.2, 0.25) is 0 Å². The van der Waals surface area contributed by atoms with Gasteiger partial charge in [-0.3, -0.25) is 9.88 Å². The van der Waals surface area contributed by atoms with Gasteiger partial charge in [-0.2, -0.15) is 0 Å². The second kappa shape index (κ2) is 7.79. The smallest absolute Gasteiger partial charge is 0.321 e. The number of hydrogen-bond acceptors (Lipinski definition) is 4. The Morgan fingerprint density at radius 3 is 2.54 bits per heavy atom. The highest BCUT2D eigenvalue weighted by molar-refractivity contribution is 5.89. The number of ether oxygens (including phenoxy) is 1. The van der Waals surface area contributed by atoms with Gasteiger partial charge in [-0.05, 0) is 29.8 Å². The van der Waals surface area contributed by atoms with Crippen LogP contribution < -0.4 is 10.1 Å². The van der Waals surface area contributed by atoms with E-state index in [9.17, 15) is 4.79 Å². The number of aromatic nitrogens is 1. The fourth-order valence-corrected chi connectivity index (χ4v) is 2.74. The van der Waals surface area contributed by atoms with Gasteiger partial charge in [0.15, 0.2) is 0 Å². The Morgan fingerprint density at radius 2 is 1.92 bits per heavy atom. The van der Waals surface area contributed by atoms with E-state index in [4.69, 9.17) is 4.74 Å². The molecule has 0 unspecified atom stereocenters. The van der Waals surface area contributed by atoms with Crippen molar-refractivity contribution in [3.8, 4) is 5.75 Å². The minimum Gasteiger partial charge on any atom is -0.497 e. The fourth-order valence-electron chi connectivity index (χ4n) is 2.74. The second-order valence-corrected chi connectivity index (χ2v) is 5.78. The lowest BCUT2D eigenvalue weighted by atomic mass is 10.2. The van der Waals surface area contributed by atoms with Crippen LogP contribution in [0.4, 0.5) is 10.5 Å². The van der Waals surface area contributed by atoms with Gasteiger partial charge in [0.05, 0.1) is 19.0 Å². The number of nitrogens with zero attached hydrogens (tertiary/aromatic N) is 3. The van der Waals surface area contributed by atoms with Crippen molar-refractivity contribution < 1.29 is 9.53 Å². The Bertz CT molecular complexity index is 652. The molecule has 2 heterocycles. The van der Waals surface area contributed by atoms with Gasteiger partial charge in [-0.25, -0.2) is 4.79 Å². The standard InChI is InChI=1S/C18H22N4O2/c1-24-17-6-4-15(5-7-17)14-21-9-11-22(12-10-21)18(23)20-16-3-2-8-19-13-16/h2-8,13H,9-12,14H2,1H3,(H,20,23). The number of pyridine rings is 1. The molecule has 0 saturated carbocycles. The van der Waals surface area contributed by atoms with Crippen molar-refractivity contribution in [2.75, 3.05) is 38.6 Å². The number of urea groups is 1. The van der Waals surface area contributed by atoms with Gasteiger partial charge in [-0.1, -0.05) is 12.1 Å². The molecule has 24 heavy (non-hydrogen) atoms. The summed E-state index contributed by atoms with van der Waals surface area (Å²) in [4.78, 5) is 20.5. The zero-order valence-corrected chi connectivity index (χ0v) is 13.8. The molecule has 2 amide bonds. The molecule has 1 aromatic heterocycles. The third-order valence-electron chi connectivity index (χ3n) is 4.14. The number of hydrogen-bond donors (Lipinski definition) is 1. The van der Waals surface area contributed by atoms with Crippen molar-refractivity contribution in [1.82, 2.24) is 14.8 Å². The molecule has 1 saturated heterocycles. The van der Waals surface area contributed by atoms with E-state index in [-0.39, 0.29) is 6.03 Å². The molecule has 1 N–H and O–H groups in total. The number of carbonyl (C=O) groups is 1. The van der Waals surface area contributed by atoms with E-state index in [0.717, 1.165) is 44.2 Å². The predicted octanol–water partition coefficient (Wildman–Crippen LogP) is 2.44. The van der Waals surface area contributed by atoms with E-state index in [2.05, 4.69) is 27.3 Å². The lowest BCUT2D eigenvalue weighted by molar-refractivity contribution is 0.143. The molecule has 1 aliphatic rings. The van der Waals surface area contributed by atoms with Gasteiger partial charge in [0.25, 0.3) is 0 Å². The van der Waals surface area contributed by atoms with Gasteiger partial charge >= 0.3 is 6.03 Å². The number of nitrogens with one attached hydrogen (secondary N) is 1. The molecule has 2 aromatic rings. The highest BCUT2D eigenvalue weighted by atomic mass is 16.5. The Labute approximate surface area is 142 Å². The van der Waals surface area contributed by atoms with Crippen molar-refractivity contribution in [1.29, 1.82) is 0 Å². The van der Waals surface area contributed by atoms with Crippen LogP contribution in [0, 0.1) is 0 Å². The average Bonchev–Trinajstić information content (AvgIpc) is 2.64. The first-order chi connectivity index (χ1) is 11.7. The molecule has 0 atom stereocenters. The quantitative estimate of drug-likeness (QED) is 0.937. The van der Waals surface area contributed by atoms with Crippen molar-refractivity contribution in [3.05, 3.63) is 54.4 Å². The van der Waals surface area contributed by atoms with E-state index >= 15 is 0 Å². The van der Waals surface area contributed by atoms with Crippen LogP contribution in [0.25, 0.3) is 0 Å². The minimum atomic E-state index is -0.0629. The monoisotopic (exact) mass is 326 g/mol. The number of rotatable bonds is 4. The third kappa shape index (κ3) is 4.23. The molecular formula is C18H22N4O2. The van der Waals surface area contributed by atoms with E-state index < -0.39 is 0 Å². The summed E-state index contributed by atoms with van der Waals surface area (Å²) in [6.45, 7) is 4.07. The van der Waals surface area contributed by atoms with Crippen molar-refractivity contribution in [2.24, 2.45) is 0 Å². The lowest BCUT2D eigenvalue weighted by Crippen LogP contribution is -2.49. The molecular weight excluding hydrogens is 304 g/mol. The van der Waals surface area contributed by atoms with Crippen LogP contribution in [0.3, 0.4) is 0 Å². The highest BCUT2D eigenvalue weighted by Gasteiger charge is 2.21. The van der Waals surface area contributed by atoms with Crippen molar-refractivity contribution in [3.63, 3.8) is 0 Å². The summed E-state index contributed by atoms with van der Waals surface area (Å²) in [5, 5.41) is 2.88. The number of anilines is 1. The van der Waals surface area contributed by atoms with Gasteiger partial charge in [0, 0.05) is 38.9 Å². The molecule has 0 radical (unpaired) electrons. The number of methoxy groups -OCH3 is 1. The van der Waals surface area contributed by atoms with E-state index in [1.54, 1.807) is 19.5 Å². The Balaban J connectivity index is 1.47. The van der Waals surface area contributed by atoms with Crippen LogP contribution in [-0.2, 0) is 6.54 Å². The van der Waals surface area contributed by atoms with Gasteiger partial charge in [0.1, 0.15) is 5.75 Å². The molecule has 1 aromatic carbocycles. The number of piperazine rings is 1. The molecule has 0 spiro atoms. The number of carbonyl (C=O) groups excluding carboxylic acids is 1. The summed E-state index contributed by atoms with van der Waals surface area (Å²) in [6, 6.07) is 11.7. The summed E-state index contributed by atoms with van der Waals surface area (Å²) in [5.41, 5.74) is 1.98. The van der Waals surface area contributed by atoms with Crippen LogP contribution in [0.15, 0.2) is 48.8 Å². The molecule has 1 aliphatic heterocycles. The molecule has 6 nitrogen and oxygen atoms in total. The maximum atomic E-state index is 12.3. The third-order valence-corrected chi connectivity index (χ3v) is 4.14. The average molecular weight is 326 g/mol. The maximum absolute atomic E-state index is 12.3. The summed E-state index contributed by atoms with van der Waals surface area (Å²) in [7, 11) is 1.67. The predicted molar refractivity (Wildman–Crippen MR) is 93.1 cm³/mol. The zero-order valence-electron chi connectivity index (χ0n) is 13.8. The summed E-state index contributed by atoms with van der Waals surface area (Å²) in [6.07, 6.45) is 3.34. The van der Waals surface area contributed by atoms with Crippen LogP contribution in [0.1, 0.15) is 5.56 Å². The first-order valence-electron chi connectivity index (χ1n) is 8.06. The zero-order chi connectivity index (χ0) is 16.8. The second-order valence-electron chi connectivity index (χ2n) is 5.78. The normalized spacial score (nSPS) is 15.1. The summed E-state index contributed by atoms with van der Waals surface area (Å²) < 4.78 is 5.18. The van der Waals surface area contributed by atoms with E-state index in [1.165, 1.54) is 5.56 Å². The first-order valence-corrected chi connectivity index (χ1v) is 8.06. The SMILES string of the molecule is COc1ccc(CN2CCN(C(=O)Nc3cccnc3)CC2)cc1. The molecule has 6 heteroatoms. The van der Waals surface area contributed by atoms with Gasteiger partial charge in [-0.15, -0.1) is 0 Å². The molecule has 1 fully saturated rings. The highest BCUT2D eigenvalue weighted by Crippen LogP contribution is 2.14. The van der Waals surface area contributed by atoms with E-state index in [0.29, 0.717) is 0 Å². The summed E-state index contributed by atoms with van der Waals surface area (Å²) in [5.74, 6) is 0.871. The fraction of sp³-hybridized carbons (Fsp3) is 0.333. The lowest BCUT2D eigenvalue weighted by Gasteiger charge is -2.34. The molecule has 3 rings (SSSR count). The maximum Gasteiger partial charge on any atom is 0.321 e. The Kier molecular flexibility index (Phi) is 5.28. The number of amides is 2. The van der Waals surface area contributed by atoms with Crippen LogP contribution in [-0.4, -0.2) is 54.1 Å². The van der Waals surface area contributed by atoms with Crippen LogP contribution >= 0.6 is 0 Å².